The Morgan fingerprint density at radius 3 is 2.50 bits per heavy atom. The molecule has 1 heterocycles. The Hall–Kier alpha value is -3.73. The van der Waals surface area contributed by atoms with Crippen LogP contribution in [0, 0.1) is 26.7 Å². The van der Waals surface area contributed by atoms with E-state index in [2.05, 4.69) is 66.4 Å². The van der Waals surface area contributed by atoms with Crippen LogP contribution in [0.3, 0.4) is 0 Å². The Bertz CT molecular complexity index is 1380. The van der Waals surface area contributed by atoms with E-state index in [0.29, 0.717) is 5.95 Å². The summed E-state index contributed by atoms with van der Waals surface area (Å²) < 4.78 is 0. The van der Waals surface area contributed by atoms with Crippen LogP contribution >= 0.6 is 0 Å². The van der Waals surface area contributed by atoms with E-state index in [4.69, 9.17) is 5.73 Å². The molecule has 5 nitrogen and oxygen atoms in total. The van der Waals surface area contributed by atoms with E-state index in [1.165, 1.54) is 16.7 Å². The van der Waals surface area contributed by atoms with Crippen LogP contribution in [0.4, 0.5) is 11.6 Å². The predicted octanol–water partition coefficient (Wildman–Crippen LogP) is 6.33. The van der Waals surface area contributed by atoms with Crippen LogP contribution in [0.1, 0.15) is 47.4 Å². The molecule has 2 unspecified atom stereocenters. The van der Waals surface area contributed by atoms with Crippen molar-refractivity contribution in [3.8, 4) is 11.1 Å². The molecule has 5 heteroatoms. The van der Waals surface area contributed by atoms with Gasteiger partial charge in [0.05, 0.1) is 0 Å². The van der Waals surface area contributed by atoms with Crippen molar-refractivity contribution in [3.63, 3.8) is 0 Å². The van der Waals surface area contributed by atoms with Gasteiger partial charge in [-0.2, -0.15) is 0 Å². The molecule has 1 amide bonds. The van der Waals surface area contributed by atoms with Gasteiger partial charge in [0.25, 0.3) is 0 Å². The maximum absolute atomic E-state index is 13.3. The van der Waals surface area contributed by atoms with Gasteiger partial charge in [0.15, 0.2) is 0 Å². The van der Waals surface area contributed by atoms with Crippen LogP contribution < -0.4 is 11.1 Å². The third-order valence-electron chi connectivity index (χ3n) is 7.11. The van der Waals surface area contributed by atoms with Gasteiger partial charge in [0, 0.05) is 34.9 Å². The number of fused-ring (bicyclic) bond motifs is 1. The molecule has 0 aliphatic heterocycles. The van der Waals surface area contributed by atoms with Crippen molar-refractivity contribution in [3.05, 3.63) is 83.2 Å². The van der Waals surface area contributed by atoms with Crippen molar-refractivity contribution in [1.29, 1.82) is 0 Å². The molecule has 2 atom stereocenters. The molecule has 1 aliphatic rings. The van der Waals surface area contributed by atoms with Gasteiger partial charge in [0.1, 0.15) is 0 Å². The SMILES string of the molecule is Cc1cc(N)c2cc(C3CCCC3C(=O)Nc3ncc(-c4ccccc4C)cn3)c(C)cc2c1. The Morgan fingerprint density at radius 2 is 1.74 bits per heavy atom. The second-order valence-electron chi connectivity index (χ2n) is 9.53. The van der Waals surface area contributed by atoms with Gasteiger partial charge in [-0.3, -0.25) is 10.1 Å². The fourth-order valence-electron chi connectivity index (χ4n) is 5.40. The molecule has 1 aromatic heterocycles. The molecule has 1 aliphatic carbocycles. The third kappa shape index (κ3) is 4.14. The molecule has 1 saturated carbocycles. The molecule has 172 valence electrons. The molecule has 1 fully saturated rings. The first-order valence-electron chi connectivity index (χ1n) is 11.9. The van der Waals surface area contributed by atoms with E-state index in [1.54, 1.807) is 12.4 Å². The van der Waals surface area contributed by atoms with E-state index in [0.717, 1.165) is 52.4 Å². The summed E-state index contributed by atoms with van der Waals surface area (Å²) in [5, 5.41) is 5.18. The summed E-state index contributed by atoms with van der Waals surface area (Å²) in [6.07, 6.45) is 6.42. The predicted molar refractivity (Wildman–Crippen MR) is 139 cm³/mol. The summed E-state index contributed by atoms with van der Waals surface area (Å²) in [7, 11) is 0. The number of rotatable bonds is 4. The molecule has 5 rings (SSSR count). The minimum Gasteiger partial charge on any atom is -0.398 e. The van der Waals surface area contributed by atoms with Gasteiger partial charge in [-0.1, -0.05) is 42.8 Å². The van der Waals surface area contributed by atoms with Crippen molar-refractivity contribution in [2.24, 2.45) is 5.92 Å². The highest BCUT2D eigenvalue weighted by atomic mass is 16.2. The Balaban J connectivity index is 1.37. The van der Waals surface area contributed by atoms with Crippen LogP contribution in [0.5, 0.6) is 0 Å². The van der Waals surface area contributed by atoms with E-state index >= 15 is 0 Å². The number of amides is 1. The highest BCUT2D eigenvalue weighted by Gasteiger charge is 2.35. The number of carbonyl (C=O) groups is 1. The number of hydrogen-bond acceptors (Lipinski definition) is 4. The van der Waals surface area contributed by atoms with Crippen molar-refractivity contribution in [1.82, 2.24) is 9.97 Å². The van der Waals surface area contributed by atoms with Crippen molar-refractivity contribution in [2.75, 3.05) is 11.1 Å². The molecule has 3 N–H and O–H groups in total. The summed E-state index contributed by atoms with van der Waals surface area (Å²) in [5.74, 6) is 0.393. The van der Waals surface area contributed by atoms with E-state index in [9.17, 15) is 4.79 Å². The maximum Gasteiger partial charge on any atom is 0.230 e. The normalized spacial score (nSPS) is 17.7. The van der Waals surface area contributed by atoms with Crippen LogP contribution in [-0.2, 0) is 4.79 Å². The largest absolute Gasteiger partial charge is 0.398 e. The lowest BCUT2D eigenvalue weighted by Crippen LogP contribution is -2.26. The zero-order valence-electron chi connectivity index (χ0n) is 19.9. The van der Waals surface area contributed by atoms with E-state index < -0.39 is 0 Å². The molecular formula is C29H30N4O. The zero-order chi connectivity index (χ0) is 23.8. The van der Waals surface area contributed by atoms with Gasteiger partial charge >= 0.3 is 0 Å². The maximum atomic E-state index is 13.3. The number of aryl methyl sites for hydroxylation is 3. The van der Waals surface area contributed by atoms with Gasteiger partial charge in [-0.05, 0) is 84.9 Å². The first-order valence-corrected chi connectivity index (χ1v) is 11.9. The van der Waals surface area contributed by atoms with Gasteiger partial charge in [-0.15, -0.1) is 0 Å². The average molecular weight is 451 g/mol. The second-order valence-corrected chi connectivity index (χ2v) is 9.53. The number of nitrogens with zero attached hydrogens (tertiary/aromatic N) is 2. The summed E-state index contributed by atoms with van der Waals surface area (Å²) >= 11 is 0. The number of nitrogens with two attached hydrogens (primary N) is 1. The number of carbonyl (C=O) groups excluding carboxylic acids is 1. The number of nitrogen functional groups attached to an aromatic ring is 1. The Kier molecular flexibility index (Phi) is 5.78. The van der Waals surface area contributed by atoms with E-state index in [-0.39, 0.29) is 17.7 Å². The summed E-state index contributed by atoms with van der Waals surface area (Å²) in [6, 6.07) is 16.7. The minimum atomic E-state index is -0.109. The van der Waals surface area contributed by atoms with Gasteiger partial charge < -0.3 is 5.73 Å². The fraction of sp³-hybridized carbons (Fsp3) is 0.276. The topological polar surface area (TPSA) is 80.9 Å². The number of hydrogen-bond donors (Lipinski definition) is 2. The van der Waals surface area contributed by atoms with Crippen LogP contribution in [0.2, 0.25) is 0 Å². The second kappa shape index (κ2) is 8.90. The molecule has 4 aromatic rings. The monoisotopic (exact) mass is 450 g/mol. The van der Waals surface area contributed by atoms with Crippen LogP contribution in [0.15, 0.2) is 60.9 Å². The smallest absolute Gasteiger partial charge is 0.230 e. The number of anilines is 2. The minimum absolute atomic E-state index is 0.0116. The molecule has 0 saturated heterocycles. The molecule has 34 heavy (non-hydrogen) atoms. The zero-order valence-corrected chi connectivity index (χ0v) is 19.9. The number of benzene rings is 3. The lowest BCUT2D eigenvalue weighted by molar-refractivity contribution is -0.120. The number of aromatic nitrogens is 2. The Morgan fingerprint density at radius 1 is 0.971 bits per heavy atom. The summed E-state index contributed by atoms with van der Waals surface area (Å²) in [5.41, 5.74) is 13.9. The molecule has 0 bridgehead atoms. The molecule has 3 aromatic carbocycles. The van der Waals surface area contributed by atoms with Gasteiger partial charge in [-0.25, -0.2) is 9.97 Å². The lowest BCUT2D eigenvalue weighted by atomic mass is 9.84. The fourth-order valence-corrected chi connectivity index (χ4v) is 5.40. The quantitative estimate of drug-likeness (QED) is 0.356. The third-order valence-corrected chi connectivity index (χ3v) is 7.11. The Labute approximate surface area is 200 Å². The van der Waals surface area contributed by atoms with E-state index in [1.807, 2.05) is 18.2 Å². The van der Waals surface area contributed by atoms with Crippen molar-refractivity contribution < 1.29 is 4.79 Å². The highest BCUT2D eigenvalue weighted by molar-refractivity contribution is 5.95. The summed E-state index contributed by atoms with van der Waals surface area (Å²) in [6.45, 7) is 6.26. The van der Waals surface area contributed by atoms with Crippen molar-refractivity contribution >= 4 is 28.3 Å². The van der Waals surface area contributed by atoms with Crippen LogP contribution in [0.25, 0.3) is 21.9 Å². The van der Waals surface area contributed by atoms with Crippen molar-refractivity contribution in [2.45, 2.75) is 46.0 Å². The molecule has 0 radical (unpaired) electrons. The average Bonchev–Trinajstić information content (AvgIpc) is 3.29. The highest BCUT2D eigenvalue weighted by Crippen LogP contribution is 2.43. The summed E-state index contributed by atoms with van der Waals surface area (Å²) in [4.78, 5) is 22.1. The van der Waals surface area contributed by atoms with Crippen LogP contribution in [-0.4, -0.2) is 15.9 Å². The first-order chi connectivity index (χ1) is 16.4. The molecular weight excluding hydrogens is 420 g/mol. The number of nitrogens with one attached hydrogen (secondary N) is 1. The first kappa shape index (κ1) is 22.1. The van der Waals surface area contributed by atoms with Gasteiger partial charge in [0.2, 0.25) is 11.9 Å². The lowest BCUT2D eigenvalue weighted by Gasteiger charge is -2.22. The molecule has 0 spiro atoms. The standard InChI is InChI=1S/C29H30N4O/c1-17-11-20-13-19(3)25(14-26(20)27(30)12-17)23-9-6-10-24(23)28(34)33-29-31-15-21(16-32-29)22-8-5-4-7-18(22)2/h4-5,7-8,11-16,23-24H,6,9-10,30H2,1-3H3,(H,31,32,33,34).